The number of hydrogen-bond acceptors (Lipinski definition) is 3. The van der Waals surface area contributed by atoms with Gasteiger partial charge < -0.3 is 10.1 Å². The molecule has 96 valence electrons. The molecule has 1 aliphatic rings. The minimum absolute atomic E-state index is 0.377. The topological polar surface area (TPSA) is 21.3 Å². The Kier molecular flexibility index (Phi) is 4.89. The summed E-state index contributed by atoms with van der Waals surface area (Å²) in [6.45, 7) is 4.00. The molecular formula is C12H17BrClNOS. The fraction of sp³-hybridized carbons (Fsp3) is 0.667. The molecule has 1 aromatic rings. The van der Waals surface area contributed by atoms with Gasteiger partial charge in [0, 0.05) is 24.1 Å². The van der Waals surface area contributed by atoms with Gasteiger partial charge in [-0.3, -0.25) is 0 Å². The number of thiophene rings is 1. The van der Waals surface area contributed by atoms with Gasteiger partial charge in [-0.2, -0.15) is 0 Å². The molecule has 3 atom stereocenters. The van der Waals surface area contributed by atoms with Crippen molar-refractivity contribution in [1.82, 2.24) is 5.32 Å². The molecule has 0 aromatic carbocycles. The fourth-order valence-electron chi connectivity index (χ4n) is 2.48. The van der Waals surface area contributed by atoms with E-state index >= 15 is 0 Å². The first-order chi connectivity index (χ1) is 8.13. The summed E-state index contributed by atoms with van der Waals surface area (Å²) in [7, 11) is 2.02. The molecule has 2 rings (SSSR count). The first-order valence-electron chi connectivity index (χ1n) is 5.83. The highest BCUT2D eigenvalue weighted by atomic mass is 79.9. The molecule has 0 amide bonds. The van der Waals surface area contributed by atoms with Crippen LogP contribution in [0.1, 0.15) is 24.3 Å². The number of rotatable bonds is 3. The summed E-state index contributed by atoms with van der Waals surface area (Å²) in [5.74, 6) is 1.20. The van der Waals surface area contributed by atoms with Gasteiger partial charge in [0.2, 0.25) is 0 Å². The normalized spacial score (nSPS) is 27.1. The summed E-state index contributed by atoms with van der Waals surface area (Å²) in [6.07, 6.45) is 1.11. The van der Waals surface area contributed by atoms with E-state index in [2.05, 4.69) is 34.2 Å². The predicted octanol–water partition coefficient (Wildman–Crippen LogP) is 4.10. The Morgan fingerprint density at radius 3 is 2.94 bits per heavy atom. The Hall–Kier alpha value is 0.390. The zero-order valence-corrected chi connectivity index (χ0v) is 13.2. The molecule has 0 saturated carbocycles. The van der Waals surface area contributed by atoms with Gasteiger partial charge in [0.25, 0.3) is 0 Å². The van der Waals surface area contributed by atoms with Crippen molar-refractivity contribution in [3.05, 3.63) is 19.8 Å². The van der Waals surface area contributed by atoms with Gasteiger partial charge in [0.1, 0.15) is 0 Å². The molecule has 1 saturated heterocycles. The average Bonchev–Trinajstić information content (AvgIpc) is 2.63. The molecule has 2 nitrogen and oxygen atoms in total. The first kappa shape index (κ1) is 13.8. The molecular weight excluding hydrogens is 322 g/mol. The fourth-order valence-corrected chi connectivity index (χ4v) is 4.41. The van der Waals surface area contributed by atoms with E-state index in [4.69, 9.17) is 16.3 Å². The highest BCUT2D eigenvalue weighted by Crippen LogP contribution is 2.41. The van der Waals surface area contributed by atoms with Gasteiger partial charge in [-0.05, 0) is 47.3 Å². The van der Waals surface area contributed by atoms with Crippen LogP contribution in [0.4, 0.5) is 0 Å². The van der Waals surface area contributed by atoms with Crippen molar-refractivity contribution in [2.24, 2.45) is 11.8 Å². The van der Waals surface area contributed by atoms with Crippen LogP contribution in [0.3, 0.4) is 0 Å². The second-order valence-electron chi connectivity index (χ2n) is 4.54. The molecule has 1 fully saturated rings. The van der Waals surface area contributed by atoms with E-state index in [1.54, 1.807) is 11.3 Å². The third-order valence-corrected chi connectivity index (χ3v) is 5.97. The lowest BCUT2D eigenvalue weighted by Crippen LogP contribution is -2.35. The van der Waals surface area contributed by atoms with Gasteiger partial charge >= 0.3 is 0 Å². The SMILES string of the molecule is CNC(c1cc(Cl)c(Br)s1)C1CCOCC1C. The Bertz CT molecular complexity index is 365. The van der Waals surface area contributed by atoms with Crippen molar-refractivity contribution < 1.29 is 4.74 Å². The van der Waals surface area contributed by atoms with Crippen LogP contribution in [0.25, 0.3) is 0 Å². The van der Waals surface area contributed by atoms with Crippen LogP contribution in [0, 0.1) is 11.8 Å². The third kappa shape index (κ3) is 3.04. The Morgan fingerprint density at radius 2 is 2.41 bits per heavy atom. The van der Waals surface area contributed by atoms with E-state index in [1.165, 1.54) is 4.88 Å². The minimum atomic E-state index is 0.377. The van der Waals surface area contributed by atoms with Crippen LogP contribution in [-0.4, -0.2) is 20.3 Å². The summed E-state index contributed by atoms with van der Waals surface area (Å²) in [6, 6.07) is 2.45. The Labute approximate surface area is 120 Å². The van der Waals surface area contributed by atoms with E-state index < -0.39 is 0 Å². The quantitative estimate of drug-likeness (QED) is 0.896. The summed E-state index contributed by atoms with van der Waals surface area (Å²) >= 11 is 11.3. The third-order valence-electron chi connectivity index (χ3n) is 3.42. The monoisotopic (exact) mass is 337 g/mol. The minimum Gasteiger partial charge on any atom is -0.381 e. The Balaban J connectivity index is 2.20. The van der Waals surface area contributed by atoms with Crippen molar-refractivity contribution in [2.45, 2.75) is 19.4 Å². The lowest BCUT2D eigenvalue weighted by Gasteiger charge is -2.34. The molecule has 1 aliphatic heterocycles. The van der Waals surface area contributed by atoms with Gasteiger partial charge in [0.05, 0.1) is 8.81 Å². The van der Waals surface area contributed by atoms with Crippen LogP contribution in [0.5, 0.6) is 0 Å². The second-order valence-corrected chi connectivity index (χ2v) is 7.35. The molecule has 2 heterocycles. The van der Waals surface area contributed by atoms with E-state index in [0.29, 0.717) is 17.9 Å². The van der Waals surface area contributed by atoms with Gasteiger partial charge in [-0.15, -0.1) is 11.3 Å². The smallest absolute Gasteiger partial charge is 0.0887 e. The Morgan fingerprint density at radius 1 is 1.65 bits per heavy atom. The summed E-state index contributed by atoms with van der Waals surface area (Å²) in [5, 5.41) is 4.24. The molecule has 1 aromatic heterocycles. The summed E-state index contributed by atoms with van der Waals surface area (Å²) < 4.78 is 6.53. The number of nitrogens with one attached hydrogen (secondary N) is 1. The van der Waals surface area contributed by atoms with Crippen LogP contribution in [0.2, 0.25) is 5.02 Å². The molecule has 17 heavy (non-hydrogen) atoms. The van der Waals surface area contributed by atoms with Gasteiger partial charge in [-0.25, -0.2) is 0 Å². The maximum atomic E-state index is 6.12. The second kappa shape index (κ2) is 6.02. The largest absolute Gasteiger partial charge is 0.381 e. The summed E-state index contributed by atoms with van der Waals surface area (Å²) in [4.78, 5) is 1.31. The van der Waals surface area contributed by atoms with Crippen LogP contribution in [0.15, 0.2) is 9.85 Å². The average molecular weight is 339 g/mol. The molecule has 0 spiro atoms. The highest BCUT2D eigenvalue weighted by Gasteiger charge is 2.31. The van der Waals surface area contributed by atoms with E-state index in [-0.39, 0.29) is 0 Å². The molecule has 5 heteroatoms. The van der Waals surface area contributed by atoms with Gasteiger partial charge in [-0.1, -0.05) is 18.5 Å². The molecule has 0 bridgehead atoms. The standard InChI is InChI=1S/C12H17BrClNOS/c1-7-6-16-4-3-8(7)11(15-2)10-5-9(14)12(13)17-10/h5,7-8,11,15H,3-4,6H2,1-2H3. The zero-order chi connectivity index (χ0) is 12.4. The number of ether oxygens (including phenoxy) is 1. The zero-order valence-electron chi connectivity index (χ0n) is 10.0. The van der Waals surface area contributed by atoms with E-state index in [9.17, 15) is 0 Å². The van der Waals surface area contributed by atoms with Crippen molar-refractivity contribution in [1.29, 1.82) is 0 Å². The van der Waals surface area contributed by atoms with Gasteiger partial charge in [0.15, 0.2) is 0 Å². The van der Waals surface area contributed by atoms with Crippen molar-refractivity contribution in [2.75, 3.05) is 20.3 Å². The van der Waals surface area contributed by atoms with E-state index in [1.807, 2.05) is 7.05 Å². The first-order valence-corrected chi connectivity index (χ1v) is 7.82. The molecule has 1 N–H and O–H groups in total. The number of halogens is 2. The van der Waals surface area contributed by atoms with Crippen molar-refractivity contribution >= 4 is 38.9 Å². The van der Waals surface area contributed by atoms with E-state index in [0.717, 1.165) is 28.4 Å². The number of hydrogen-bond donors (Lipinski definition) is 1. The van der Waals surface area contributed by atoms with Crippen molar-refractivity contribution in [3.63, 3.8) is 0 Å². The lowest BCUT2D eigenvalue weighted by molar-refractivity contribution is 0.0120. The molecule has 0 radical (unpaired) electrons. The van der Waals surface area contributed by atoms with Crippen molar-refractivity contribution in [3.8, 4) is 0 Å². The lowest BCUT2D eigenvalue weighted by atomic mass is 9.83. The molecule has 3 unspecified atom stereocenters. The molecule has 0 aliphatic carbocycles. The maximum Gasteiger partial charge on any atom is 0.0887 e. The van der Waals surface area contributed by atoms with Crippen LogP contribution in [-0.2, 0) is 4.74 Å². The maximum absolute atomic E-state index is 6.12. The highest BCUT2D eigenvalue weighted by molar-refractivity contribution is 9.11. The van der Waals surface area contributed by atoms with Crippen LogP contribution < -0.4 is 5.32 Å². The predicted molar refractivity (Wildman–Crippen MR) is 76.9 cm³/mol. The van der Waals surface area contributed by atoms with Crippen LogP contribution >= 0.6 is 38.9 Å². The summed E-state index contributed by atoms with van der Waals surface area (Å²) in [5.41, 5.74) is 0.